The number of hydrogen-bond donors (Lipinski definition) is 2. The standard InChI is InChI=1S/C14H22N2O4/c1-11-4-5-12(14(15)16-17)13(10-11)20-9-8-19-7-3-6-18-2/h4-5,10,17H,3,6-9H2,1-2H3,(H2,15,16). The van der Waals surface area contributed by atoms with Gasteiger partial charge in [-0.3, -0.25) is 0 Å². The van der Waals surface area contributed by atoms with Gasteiger partial charge in [-0.05, 0) is 31.0 Å². The number of nitrogens with zero attached hydrogens (tertiary/aromatic N) is 1. The van der Waals surface area contributed by atoms with Gasteiger partial charge in [0.05, 0.1) is 12.2 Å². The molecule has 6 heteroatoms. The highest BCUT2D eigenvalue weighted by molar-refractivity contribution is 5.99. The molecule has 0 saturated carbocycles. The number of nitrogens with two attached hydrogens (primary N) is 1. The fraction of sp³-hybridized carbons (Fsp3) is 0.500. The van der Waals surface area contributed by atoms with E-state index in [1.807, 2.05) is 19.1 Å². The van der Waals surface area contributed by atoms with Crippen LogP contribution >= 0.6 is 0 Å². The fourth-order valence-corrected chi connectivity index (χ4v) is 1.63. The Morgan fingerprint density at radius 3 is 2.75 bits per heavy atom. The van der Waals surface area contributed by atoms with Crippen LogP contribution in [0.4, 0.5) is 0 Å². The maximum Gasteiger partial charge on any atom is 0.173 e. The highest BCUT2D eigenvalue weighted by Gasteiger charge is 2.08. The maximum atomic E-state index is 8.74. The van der Waals surface area contributed by atoms with Gasteiger partial charge in [-0.1, -0.05) is 11.2 Å². The molecule has 0 bridgehead atoms. The van der Waals surface area contributed by atoms with Gasteiger partial charge in [-0.2, -0.15) is 0 Å². The Hall–Kier alpha value is -1.79. The lowest BCUT2D eigenvalue weighted by Crippen LogP contribution is -2.16. The van der Waals surface area contributed by atoms with Crippen LogP contribution in [0.15, 0.2) is 23.4 Å². The van der Waals surface area contributed by atoms with E-state index in [0.717, 1.165) is 12.0 Å². The lowest BCUT2D eigenvalue weighted by molar-refractivity contribution is 0.0806. The Labute approximate surface area is 119 Å². The summed E-state index contributed by atoms with van der Waals surface area (Å²) in [5.74, 6) is 0.613. The van der Waals surface area contributed by atoms with Crippen molar-refractivity contribution in [2.75, 3.05) is 33.5 Å². The van der Waals surface area contributed by atoms with E-state index in [4.69, 9.17) is 25.2 Å². The summed E-state index contributed by atoms with van der Waals surface area (Å²) in [6.07, 6.45) is 0.857. The van der Waals surface area contributed by atoms with Crippen molar-refractivity contribution >= 4 is 5.84 Å². The Morgan fingerprint density at radius 1 is 1.25 bits per heavy atom. The first-order valence-electron chi connectivity index (χ1n) is 6.47. The predicted octanol–water partition coefficient (Wildman–Crippen LogP) is 1.52. The van der Waals surface area contributed by atoms with Gasteiger partial charge in [-0.25, -0.2) is 0 Å². The van der Waals surface area contributed by atoms with Crippen LogP contribution in [0.25, 0.3) is 0 Å². The molecule has 0 radical (unpaired) electrons. The number of hydrogen-bond acceptors (Lipinski definition) is 5. The molecule has 0 aromatic heterocycles. The van der Waals surface area contributed by atoms with Crippen molar-refractivity contribution in [3.8, 4) is 5.75 Å². The number of benzene rings is 1. The summed E-state index contributed by atoms with van der Waals surface area (Å²) in [4.78, 5) is 0. The number of aryl methyl sites for hydroxylation is 1. The average molecular weight is 282 g/mol. The first-order valence-corrected chi connectivity index (χ1v) is 6.47. The molecule has 0 aliphatic rings. The molecule has 0 aliphatic carbocycles. The lowest BCUT2D eigenvalue weighted by atomic mass is 10.1. The van der Waals surface area contributed by atoms with Crippen LogP contribution in [0.2, 0.25) is 0 Å². The first kappa shape index (κ1) is 16.3. The SMILES string of the molecule is COCCCOCCOc1cc(C)ccc1/C(N)=N/O. The minimum absolute atomic E-state index is 0.0287. The molecule has 0 atom stereocenters. The highest BCUT2D eigenvalue weighted by atomic mass is 16.5. The third-order valence-electron chi connectivity index (χ3n) is 2.64. The summed E-state index contributed by atoms with van der Waals surface area (Å²) in [5, 5.41) is 11.7. The van der Waals surface area contributed by atoms with Crippen molar-refractivity contribution < 1.29 is 19.4 Å². The Kier molecular flexibility index (Phi) is 7.46. The molecule has 0 saturated heterocycles. The summed E-state index contributed by atoms with van der Waals surface area (Å²) in [6.45, 7) is 4.16. The lowest BCUT2D eigenvalue weighted by Gasteiger charge is -2.11. The monoisotopic (exact) mass is 282 g/mol. The smallest absolute Gasteiger partial charge is 0.173 e. The van der Waals surface area contributed by atoms with Crippen molar-refractivity contribution in [1.29, 1.82) is 0 Å². The molecule has 1 aromatic carbocycles. The zero-order valence-electron chi connectivity index (χ0n) is 12.0. The number of amidine groups is 1. The van der Waals surface area contributed by atoms with E-state index >= 15 is 0 Å². The molecule has 0 aliphatic heterocycles. The van der Waals surface area contributed by atoms with Crippen LogP contribution in [0, 0.1) is 6.92 Å². The van der Waals surface area contributed by atoms with Gasteiger partial charge < -0.3 is 25.2 Å². The van der Waals surface area contributed by atoms with Crippen LogP contribution in [0.3, 0.4) is 0 Å². The fourth-order valence-electron chi connectivity index (χ4n) is 1.63. The second kappa shape index (κ2) is 9.17. The number of oxime groups is 1. The van der Waals surface area contributed by atoms with Crippen LogP contribution < -0.4 is 10.5 Å². The van der Waals surface area contributed by atoms with E-state index in [1.54, 1.807) is 13.2 Å². The van der Waals surface area contributed by atoms with E-state index in [1.165, 1.54) is 0 Å². The van der Waals surface area contributed by atoms with Gasteiger partial charge >= 0.3 is 0 Å². The molecule has 0 spiro atoms. The molecule has 0 unspecified atom stereocenters. The first-order chi connectivity index (χ1) is 9.69. The summed E-state index contributed by atoms with van der Waals surface area (Å²) < 4.78 is 15.9. The summed E-state index contributed by atoms with van der Waals surface area (Å²) in [6, 6.07) is 5.49. The third kappa shape index (κ3) is 5.46. The van der Waals surface area contributed by atoms with Crippen molar-refractivity contribution in [3.63, 3.8) is 0 Å². The van der Waals surface area contributed by atoms with E-state index in [2.05, 4.69) is 5.16 Å². The molecule has 6 nitrogen and oxygen atoms in total. The third-order valence-corrected chi connectivity index (χ3v) is 2.64. The van der Waals surface area contributed by atoms with Gasteiger partial charge in [0.15, 0.2) is 5.84 Å². The van der Waals surface area contributed by atoms with Crippen LogP contribution in [-0.4, -0.2) is 44.6 Å². The largest absolute Gasteiger partial charge is 0.490 e. The minimum Gasteiger partial charge on any atom is -0.490 e. The molecule has 0 amide bonds. The molecule has 0 fully saturated rings. The summed E-state index contributed by atoms with van der Waals surface area (Å²) in [5.41, 5.74) is 7.21. The summed E-state index contributed by atoms with van der Waals surface area (Å²) >= 11 is 0. The van der Waals surface area contributed by atoms with Crippen molar-refractivity contribution in [3.05, 3.63) is 29.3 Å². The van der Waals surface area contributed by atoms with E-state index in [0.29, 0.717) is 37.7 Å². The zero-order valence-corrected chi connectivity index (χ0v) is 12.0. The van der Waals surface area contributed by atoms with Gasteiger partial charge in [0, 0.05) is 20.3 Å². The normalized spacial score (nSPS) is 11.6. The van der Waals surface area contributed by atoms with Gasteiger partial charge in [-0.15, -0.1) is 0 Å². The predicted molar refractivity (Wildman–Crippen MR) is 76.5 cm³/mol. The Bertz CT molecular complexity index is 435. The second-order valence-corrected chi connectivity index (χ2v) is 4.29. The zero-order chi connectivity index (χ0) is 14.8. The molecule has 1 rings (SSSR count). The van der Waals surface area contributed by atoms with Gasteiger partial charge in [0.25, 0.3) is 0 Å². The topological polar surface area (TPSA) is 86.3 Å². The van der Waals surface area contributed by atoms with E-state index in [9.17, 15) is 0 Å². The molecule has 3 N–H and O–H groups in total. The Balaban J connectivity index is 2.44. The van der Waals surface area contributed by atoms with E-state index < -0.39 is 0 Å². The molecule has 0 heterocycles. The molecule has 112 valence electrons. The quantitative estimate of drug-likeness (QED) is 0.236. The summed E-state index contributed by atoms with van der Waals surface area (Å²) in [7, 11) is 1.66. The number of rotatable bonds is 9. The molecular formula is C14H22N2O4. The van der Waals surface area contributed by atoms with Crippen molar-refractivity contribution in [1.82, 2.24) is 0 Å². The Morgan fingerprint density at radius 2 is 2.05 bits per heavy atom. The molecule has 20 heavy (non-hydrogen) atoms. The maximum absolute atomic E-state index is 8.74. The van der Waals surface area contributed by atoms with Crippen LogP contribution in [-0.2, 0) is 9.47 Å². The number of ether oxygens (including phenoxy) is 3. The van der Waals surface area contributed by atoms with Crippen molar-refractivity contribution in [2.45, 2.75) is 13.3 Å². The molecular weight excluding hydrogens is 260 g/mol. The minimum atomic E-state index is 0.0287. The second-order valence-electron chi connectivity index (χ2n) is 4.29. The van der Waals surface area contributed by atoms with Gasteiger partial charge in [0.2, 0.25) is 0 Å². The van der Waals surface area contributed by atoms with E-state index in [-0.39, 0.29) is 5.84 Å². The molecule has 1 aromatic rings. The van der Waals surface area contributed by atoms with Crippen molar-refractivity contribution in [2.24, 2.45) is 10.9 Å². The average Bonchev–Trinajstić information content (AvgIpc) is 2.45. The van der Waals surface area contributed by atoms with Crippen LogP contribution in [0.5, 0.6) is 5.75 Å². The van der Waals surface area contributed by atoms with Gasteiger partial charge in [0.1, 0.15) is 12.4 Å². The van der Waals surface area contributed by atoms with Crippen LogP contribution in [0.1, 0.15) is 17.5 Å². The number of methoxy groups -OCH3 is 1. The highest BCUT2D eigenvalue weighted by Crippen LogP contribution is 2.20.